The number of rotatable bonds is 4. The Kier molecular flexibility index (Phi) is 5.16. The molecule has 1 aromatic rings. The quantitative estimate of drug-likeness (QED) is 0.885. The van der Waals surface area contributed by atoms with E-state index in [1.54, 1.807) is 30.1 Å². The number of hydrogen-bond acceptors (Lipinski definition) is 3. The molecule has 0 unspecified atom stereocenters. The molecule has 0 aliphatic carbocycles. The molecule has 0 saturated carbocycles. The summed E-state index contributed by atoms with van der Waals surface area (Å²) >= 11 is 0. The predicted octanol–water partition coefficient (Wildman–Crippen LogP) is 1.71. The summed E-state index contributed by atoms with van der Waals surface area (Å²) in [6.45, 7) is 1.68. The number of benzene rings is 1. The van der Waals surface area contributed by atoms with Crippen molar-refractivity contribution >= 4 is 12.0 Å². The van der Waals surface area contributed by atoms with E-state index in [9.17, 15) is 9.59 Å². The Labute approximate surface area is 123 Å². The van der Waals surface area contributed by atoms with Crippen molar-refractivity contribution < 1.29 is 19.4 Å². The van der Waals surface area contributed by atoms with Gasteiger partial charge in [-0.2, -0.15) is 0 Å². The van der Waals surface area contributed by atoms with Crippen molar-refractivity contribution in [2.45, 2.75) is 25.4 Å². The van der Waals surface area contributed by atoms with Crippen LogP contribution in [-0.2, 0) is 11.3 Å². The maximum Gasteiger partial charge on any atom is 0.335 e. The highest BCUT2D eigenvalue weighted by Gasteiger charge is 2.22. The molecular formula is C15H20N2O4. The van der Waals surface area contributed by atoms with Gasteiger partial charge >= 0.3 is 12.0 Å². The van der Waals surface area contributed by atoms with Gasteiger partial charge in [0.2, 0.25) is 0 Å². The van der Waals surface area contributed by atoms with Crippen LogP contribution in [0.1, 0.15) is 28.8 Å². The molecule has 2 rings (SSSR count). The number of ether oxygens (including phenoxy) is 1. The number of urea groups is 1. The van der Waals surface area contributed by atoms with Crippen molar-refractivity contribution in [3.8, 4) is 0 Å². The number of nitrogens with one attached hydrogen (secondary N) is 1. The standard InChI is InChI=1S/C15H20N2O4/c1-17(13-5-7-21-8-6-13)15(20)16-10-11-3-2-4-12(9-11)14(18)19/h2-4,9,13H,5-8,10H2,1H3,(H,16,20)(H,18,19). The number of carboxylic acids is 1. The molecule has 6 heteroatoms. The Morgan fingerprint density at radius 1 is 1.38 bits per heavy atom. The number of nitrogens with zero attached hydrogens (tertiary/aromatic N) is 1. The third kappa shape index (κ3) is 4.19. The van der Waals surface area contributed by atoms with Crippen molar-refractivity contribution in [3.05, 3.63) is 35.4 Å². The van der Waals surface area contributed by atoms with E-state index in [2.05, 4.69) is 5.32 Å². The van der Waals surface area contributed by atoms with E-state index < -0.39 is 5.97 Å². The number of carbonyl (C=O) groups is 2. The van der Waals surface area contributed by atoms with Crippen LogP contribution >= 0.6 is 0 Å². The summed E-state index contributed by atoms with van der Waals surface area (Å²) in [6.07, 6.45) is 1.69. The van der Waals surface area contributed by atoms with Gasteiger partial charge in [0.15, 0.2) is 0 Å². The highest BCUT2D eigenvalue weighted by molar-refractivity contribution is 5.87. The molecule has 1 aliphatic heterocycles. The van der Waals surface area contributed by atoms with Gasteiger partial charge in [0.25, 0.3) is 0 Å². The van der Waals surface area contributed by atoms with Crippen LogP contribution in [0.5, 0.6) is 0 Å². The molecule has 1 saturated heterocycles. The lowest BCUT2D eigenvalue weighted by molar-refractivity contribution is 0.0525. The summed E-state index contributed by atoms with van der Waals surface area (Å²) in [4.78, 5) is 24.7. The number of hydrogen-bond donors (Lipinski definition) is 2. The fourth-order valence-corrected chi connectivity index (χ4v) is 2.35. The van der Waals surface area contributed by atoms with Crippen molar-refractivity contribution in [2.24, 2.45) is 0 Å². The van der Waals surface area contributed by atoms with Gasteiger partial charge in [0.05, 0.1) is 5.56 Å². The Bertz CT molecular complexity index is 512. The van der Waals surface area contributed by atoms with Gasteiger partial charge < -0.3 is 20.1 Å². The molecule has 2 N–H and O–H groups in total. The summed E-state index contributed by atoms with van der Waals surface area (Å²) in [5.74, 6) is -0.970. The maximum atomic E-state index is 12.1. The molecule has 0 spiro atoms. The second-order valence-electron chi connectivity index (χ2n) is 5.12. The second kappa shape index (κ2) is 7.08. The fraction of sp³-hybridized carbons (Fsp3) is 0.467. The summed E-state index contributed by atoms with van der Waals surface area (Å²) in [5, 5.41) is 11.8. The molecule has 1 aromatic carbocycles. The van der Waals surface area contributed by atoms with Crippen molar-refractivity contribution in [3.63, 3.8) is 0 Å². The summed E-state index contributed by atoms with van der Waals surface area (Å²) in [5.41, 5.74) is 0.989. The first-order chi connectivity index (χ1) is 10.1. The maximum absolute atomic E-state index is 12.1. The smallest absolute Gasteiger partial charge is 0.335 e. The highest BCUT2D eigenvalue weighted by atomic mass is 16.5. The SMILES string of the molecule is CN(C(=O)NCc1cccc(C(=O)O)c1)C1CCOCC1. The topological polar surface area (TPSA) is 78.9 Å². The van der Waals surface area contributed by atoms with Crippen molar-refractivity contribution in [1.29, 1.82) is 0 Å². The van der Waals surface area contributed by atoms with E-state index in [1.165, 1.54) is 6.07 Å². The van der Waals surface area contributed by atoms with E-state index in [1.807, 2.05) is 0 Å². The number of carboxylic acid groups (broad SMARTS) is 1. The van der Waals surface area contributed by atoms with Gasteiger partial charge in [0, 0.05) is 32.8 Å². The molecule has 1 aliphatic rings. The fourth-order valence-electron chi connectivity index (χ4n) is 2.35. The molecule has 1 heterocycles. The van der Waals surface area contributed by atoms with E-state index in [-0.39, 0.29) is 17.6 Å². The summed E-state index contributed by atoms with van der Waals surface area (Å²) in [6, 6.07) is 6.61. The average molecular weight is 292 g/mol. The van der Waals surface area contributed by atoms with Crippen molar-refractivity contribution in [2.75, 3.05) is 20.3 Å². The van der Waals surface area contributed by atoms with Crippen LogP contribution in [0.4, 0.5) is 4.79 Å². The Hall–Kier alpha value is -2.08. The van der Waals surface area contributed by atoms with E-state index in [0.29, 0.717) is 19.8 Å². The van der Waals surface area contributed by atoms with Gasteiger partial charge in [-0.05, 0) is 30.5 Å². The molecule has 114 valence electrons. The van der Waals surface area contributed by atoms with Crippen LogP contribution in [0.15, 0.2) is 24.3 Å². The molecule has 21 heavy (non-hydrogen) atoms. The monoisotopic (exact) mass is 292 g/mol. The molecule has 2 amide bonds. The van der Waals surface area contributed by atoms with Crippen LogP contribution in [0.25, 0.3) is 0 Å². The zero-order valence-corrected chi connectivity index (χ0v) is 12.0. The van der Waals surface area contributed by atoms with Crippen LogP contribution in [-0.4, -0.2) is 48.3 Å². The minimum absolute atomic E-state index is 0.150. The minimum Gasteiger partial charge on any atom is -0.478 e. The summed E-state index contributed by atoms with van der Waals surface area (Å²) < 4.78 is 5.28. The Balaban J connectivity index is 1.88. The molecule has 0 atom stereocenters. The third-order valence-electron chi connectivity index (χ3n) is 3.68. The lowest BCUT2D eigenvalue weighted by Gasteiger charge is -2.31. The molecule has 0 bridgehead atoms. The minimum atomic E-state index is -0.970. The van der Waals surface area contributed by atoms with Gasteiger partial charge in [0.1, 0.15) is 0 Å². The van der Waals surface area contributed by atoms with Gasteiger partial charge in [-0.3, -0.25) is 0 Å². The lowest BCUT2D eigenvalue weighted by atomic mass is 10.1. The normalized spacial score (nSPS) is 15.5. The predicted molar refractivity (Wildman–Crippen MR) is 77.2 cm³/mol. The summed E-state index contributed by atoms with van der Waals surface area (Å²) in [7, 11) is 1.78. The Morgan fingerprint density at radius 2 is 2.10 bits per heavy atom. The molecule has 0 aromatic heterocycles. The number of carbonyl (C=O) groups excluding carboxylic acids is 1. The number of amides is 2. The first-order valence-electron chi connectivity index (χ1n) is 6.98. The first kappa shape index (κ1) is 15.3. The van der Waals surface area contributed by atoms with Crippen LogP contribution < -0.4 is 5.32 Å². The number of aromatic carboxylic acids is 1. The van der Waals surface area contributed by atoms with E-state index >= 15 is 0 Å². The van der Waals surface area contributed by atoms with Gasteiger partial charge in [-0.1, -0.05) is 12.1 Å². The highest BCUT2D eigenvalue weighted by Crippen LogP contribution is 2.13. The molecular weight excluding hydrogens is 272 g/mol. The van der Waals surface area contributed by atoms with Crippen LogP contribution in [0.2, 0.25) is 0 Å². The van der Waals surface area contributed by atoms with Crippen LogP contribution in [0, 0.1) is 0 Å². The lowest BCUT2D eigenvalue weighted by Crippen LogP contribution is -2.45. The molecule has 0 radical (unpaired) electrons. The second-order valence-corrected chi connectivity index (χ2v) is 5.12. The van der Waals surface area contributed by atoms with E-state index in [0.717, 1.165) is 18.4 Å². The van der Waals surface area contributed by atoms with Gasteiger partial charge in [-0.15, -0.1) is 0 Å². The Morgan fingerprint density at radius 3 is 2.76 bits per heavy atom. The zero-order valence-electron chi connectivity index (χ0n) is 12.0. The van der Waals surface area contributed by atoms with Crippen LogP contribution in [0.3, 0.4) is 0 Å². The van der Waals surface area contributed by atoms with E-state index in [4.69, 9.17) is 9.84 Å². The third-order valence-corrected chi connectivity index (χ3v) is 3.68. The molecule has 1 fully saturated rings. The van der Waals surface area contributed by atoms with Gasteiger partial charge in [-0.25, -0.2) is 9.59 Å². The first-order valence-corrected chi connectivity index (χ1v) is 6.98. The zero-order chi connectivity index (χ0) is 15.2. The van der Waals surface area contributed by atoms with Crippen molar-refractivity contribution in [1.82, 2.24) is 10.2 Å². The largest absolute Gasteiger partial charge is 0.478 e. The average Bonchev–Trinajstić information content (AvgIpc) is 2.53. The molecule has 6 nitrogen and oxygen atoms in total.